The Morgan fingerprint density at radius 3 is 2.88 bits per heavy atom. The molecule has 1 aliphatic carbocycles. The molecule has 1 aromatic rings. The van der Waals surface area contributed by atoms with Crippen LogP contribution in [-0.4, -0.2) is 43.8 Å². The second-order valence-corrected chi connectivity index (χ2v) is 7.17. The highest BCUT2D eigenvalue weighted by atomic mass is 16.5. The first-order valence-corrected chi connectivity index (χ1v) is 9.26. The Morgan fingerprint density at radius 2 is 2.04 bits per heavy atom. The third kappa shape index (κ3) is 3.63. The first kappa shape index (κ1) is 16.4. The van der Waals surface area contributed by atoms with E-state index in [4.69, 9.17) is 4.74 Å². The van der Waals surface area contributed by atoms with Crippen LogP contribution in [0.1, 0.15) is 31.2 Å². The molecule has 0 bridgehead atoms. The van der Waals surface area contributed by atoms with Crippen molar-refractivity contribution in [3.8, 4) is 0 Å². The molecule has 0 unspecified atom stereocenters. The molecule has 3 aliphatic rings. The Morgan fingerprint density at radius 1 is 1.20 bits per heavy atom. The predicted octanol–water partition coefficient (Wildman–Crippen LogP) is 1.83. The minimum absolute atomic E-state index is 0.0157. The second-order valence-electron chi connectivity index (χ2n) is 7.17. The number of nitrogens with zero attached hydrogens (tertiary/aromatic N) is 1. The molecule has 3 amide bonds. The maximum atomic E-state index is 12.5. The fourth-order valence-electron chi connectivity index (χ4n) is 3.92. The number of ether oxygens (including phenoxy) is 1. The van der Waals surface area contributed by atoms with Gasteiger partial charge in [0.25, 0.3) is 0 Å². The van der Waals surface area contributed by atoms with Crippen LogP contribution in [0, 0.1) is 5.92 Å². The van der Waals surface area contributed by atoms with E-state index in [9.17, 15) is 9.59 Å². The molecule has 1 saturated heterocycles. The molecule has 134 valence electrons. The number of benzene rings is 1. The quantitative estimate of drug-likeness (QED) is 0.876. The zero-order valence-corrected chi connectivity index (χ0v) is 14.4. The van der Waals surface area contributed by atoms with Gasteiger partial charge in [0, 0.05) is 18.8 Å². The third-order valence-electron chi connectivity index (χ3n) is 5.35. The third-order valence-corrected chi connectivity index (χ3v) is 5.35. The highest BCUT2D eigenvalue weighted by Crippen LogP contribution is 2.38. The summed E-state index contributed by atoms with van der Waals surface area (Å²) in [5.41, 5.74) is 2.17. The summed E-state index contributed by atoms with van der Waals surface area (Å²) in [5, 5.41) is 5.70. The largest absolute Gasteiger partial charge is 0.376 e. The normalized spacial score (nSPS) is 25.4. The van der Waals surface area contributed by atoms with Crippen molar-refractivity contribution >= 4 is 17.6 Å². The SMILES string of the molecule is O=C(NCC(=O)N1CCCc2ccccc21)N[C@H]1CCO[C@@H]1C1CC1. The molecule has 2 aliphatic heterocycles. The number of aryl methyl sites for hydroxylation is 1. The smallest absolute Gasteiger partial charge is 0.315 e. The van der Waals surface area contributed by atoms with E-state index in [1.807, 2.05) is 18.2 Å². The Labute approximate surface area is 147 Å². The molecule has 2 fully saturated rings. The lowest BCUT2D eigenvalue weighted by atomic mass is 10.0. The molecule has 6 nitrogen and oxygen atoms in total. The number of nitrogens with one attached hydrogen (secondary N) is 2. The van der Waals surface area contributed by atoms with Crippen LogP contribution < -0.4 is 15.5 Å². The molecule has 1 aromatic carbocycles. The van der Waals surface area contributed by atoms with Gasteiger partial charge in [-0.3, -0.25) is 4.79 Å². The maximum absolute atomic E-state index is 12.5. The molecule has 2 atom stereocenters. The summed E-state index contributed by atoms with van der Waals surface area (Å²) in [5.74, 6) is 0.531. The summed E-state index contributed by atoms with van der Waals surface area (Å²) in [6.45, 7) is 1.43. The topological polar surface area (TPSA) is 70.7 Å². The summed E-state index contributed by atoms with van der Waals surface area (Å²) < 4.78 is 5.73. The number of fused-ring (bicyclic) bond motifs is 1. The van der Waals surface area contributed by atoms with Crippen molar-refractivity contribution < 1.29 is 14.3 Å². The van der Waals surface area contributed by atoms with Crippen molar-refractivity contribution in [2.75, 3.05) is 24.6 Å². The van der Waals surface area contributed by atoms with Gasteiger partial charge in [-0.15, -0.1) is 0 Å². The molecule has 0 spiro atoms. The van der Waals surface area contributed by atoms with Gasteiger partial charge in [-0.05, 0) is 49.7 Å². The van der Waals surface area contributed by atoms with Crippen LogP contribution in [0.5, 0.6) is 0 Å². The first-order valence-electron chi connectivity index (χ1n) is 9.26. The van der Waals surface area contributed by atoms with Crippen LogP contribution in [0.3, 0.4) is 0 Å². The molecule has 0 aromatic heterocycles. The maximum Gasteiger partial charge on any atom is 0.315 e. The van der Waals surface area contributed by atoms with Crippen LogP contribution in [-0.2, 0) is 16.0 Å². The summed E-state index contributed by atoms with van der Waals surface area (Å²) in [4.78, 5) is 26.5. The number of hydrogen-bond donors (Lipinski definition) is 2. The zero-order chi connectivity index (χ0) is 17.2. The van der Waals surface area contributed by atoms with Crippen molar-refractivity contribution in [2.45, 2.75) is 44.2 Å². The van der Waals surface area contributed by atoms with Crippen molar-refractivity contribution in [1.82, 2.24) is 10.6 Å². The molecule has 0 radical (unpaired) electrons. The van der Waals surface area contributed by atoms with Gasteiger partial charge in [0.15, 0.2) is 0 Å². The highest BCUT2D eigenvalue weighted by Gasteiger charge is 2.41. The highest BCUT2D eigenvalue weighted by molar-refractivity contribution is 5.97. The van der Waals surface area contributed by atoms with Crippen molar-refractivity contribution in [2.24, 2.45) is 5.92 Å². The summed E-state index contributed by atoms with van der Waals surface area (Å²) in [6, 6.07) is 7.77. The van der Waals surface area contributed by atoms with Crippen LogP contribution in [0.2, 0.25) is 0 Å². The van der Waals surface area contributed by atoms with Gasteiger partial charge in [-0.1, -0.05) is 18.2 Å². The first-order chi connectivity index (χ1) is 12.2. The lowest BCUT2D eigenvalue weighted by Gasteiger charge is -2.29. The zero-order valence-electron chi connectivity index (χ0n) is 14.4. The molecule has 6 heteroatoms. The summed E-state index contributed by atoms with van der Waals surface area (Å²) in [6.07, 6.45) is 5.34. The summed E-state index contributed by atoms with van der Waals surface area (Å²) in [7, 11) is 0. The molecule has 25 heavy (non-hydrogen) atoms. The molecular weight excluding hydrogens is 318 g/mol. The van der Waals surface area contributed by atoms with Crippen molar-refractivity contribution in [3.05, 3.63) is 29.8 Å². The Balaban J connectivity index is 1.29. The standard InChI is InChI=1S/C19H25N3O3/c23-17(22-10-3-5-13-4-1-2-6-16(13)22)12-20-19(24)21-15-9-11-25-18(15)14-7-8-14/h1-2,4,6,14-15,18H,3,5,7-12H2,(H2,20,21,24)/t15-,18+/m0/s1. The molecule has 2 N–H and O–H groups in total. The fourth-order valence-corrected chi connectivity index (χ4v) is 3.92. The van der Waals surface area contributed by atoms with Gasteiger partial charge in [0.05, 0.1) is 18.7 Å². The number of carbonyl (C=O) groups is 2. The van der Waals surface area contributed by atoms with Gasteiger partial charge in [-0.2, -0.15) is 0 Å². The number of carbonyl (C=O) groups excluding carboxylic acids is 2. The minimum Gasteiger partial charge on any atom is -0.376 e. The molecular formula is C19H25N3O3. The number of amides is 3. The molecule has 4 rings (SSSR count). The van der Waals surface area contributed by atoms with Crippen molar-refractivity contribution in [3.63, 3.8) is 0 Å². The number of anilines is 1. The van der Waals surface area contributed by atoms with E-state index < -0.39 is 0 Å². The van der Waals surface area contributed by atoms with Gasteiger partial charge in [-0.25, -0.2) is 4.79 Å². The van der Waals surface area contributed by atoms with E-state index in [2.05, 4.69) is 16.7 Å². The van der Waals surface area contributed by atoms with E-state index in [0.29, 0.717) is 19.1 Å². The second kappa shape index (κ2) is 7.04. The minimum atomic E-state index is -0.278. The van der Waals surface area contributed by atoms with Crippen molar-refractivity contribution in [1.29, 1.82) is 0 Å². The molecule has 2 heterocycles. The average molecular weight is 343 g/mol. The van der Waals surface area contributed by atoms with E-state index in [1.54, 1.807) is 4.90 Å². The van der Waals surface area contributed by atoms with Gasteiger partial charge in [0.1, 0.15) is 0 Å². The van der Waals surface area contributed by atoms with E-state index in [1.165, 1.54) is 18.4 Å². The Bertz CT molecular complexity index is 659. The summed E-state index contributed by atoms with van der Waals surface area (Å²) >= 11 is 0. The Hall–Kier alpha value is -2.08. The Kier molecular flexibility index (Phi) is 4.61. The number of rotatable bonds is 4. The fraction of sp³-hybridized carbons (Fsp3) is 0.579. The van der Waals surface area contributed by atoms with Crippen LogP contribution in [0.4, 0.5) is 10.5 Å². The molecule has 1 saturated carbocycles. The van der Waals surface area contributed by atoms with Crippen LogP contribution >= 0.6 is 0 Å². The number of urea groups is 1. The lowest BCUT2D eigenvalue weighted by molar-refractivity contribution is -0.117. The predicted molar refractivity (Wildman–Crippen MR) is 94.5 cm³/mol. The number of para-hydroxylation sites is 1. The van der Waals surface area contributed by atoms with E-state index >= 15 is 0 Å². The van der Waals surface area contributed by atoms with E-state index in [-0.39, 0.29) is 30.6 Å². The van der Waals surface area contributed by atoms with Crippen LogP contribution in [0.15, 0.2) is 24.3 Å². The van der Waals surface area contributed by atoms with Gasteiger partial charge in [0.2, 0.25) is 5.91 Å². The van der Waals surface area contributed by atoms with E-state index in [0.717, 1.165) is 24.9 Å². The average Bonchev–Trinajstić information content (AvgIpc) is 3.38. The van der Waals surface area contributed by atoms with Crippen LogP contribution in [0.25, 0.3) is 0 Å². The van der Waals surface area contributed by atoms with Gasteiger partial charge >= 0.3 is 6.03 Å². The lowest BCUT2D eigenvalue weighted by Crippen LogP contribution is -2.49. The monoisotopic (exact) mass is 343 g/mol. The number of hydrogen-bond acceptors (Lipinski definition) is 3. The van der Waals surface area contributed by atoms with Gasteiger partial charge < -0.3 is 20.3 Å².